The topological polar surface area (TPSA) is 75.3 Å². The number of rotatable bonds is 6. The average Bonchev–Trinajstić information content (AvgIpc) is 2.34. The van der Waals surface area contributed by atoms with Gasteiger partial charge in [-0.15, -0.1) is 0 Å². The van der Waals surface area contributed by atoms with Gasteiger partial charge in [0.15, 0.2) is 0 Å². The normalized spacial score (nSPS) is 11.1. The van der Waals surface area contributed by atoms with Gasteiger partial charge in [0, 0.05) is 26.3 Å². The smallest absolute Gasteiger partial charge is 0.252 e. The van der Waals surface area contributed by atoms with Crippen LogP contribution in [0.15, 0.2) is 6.20 Å². The number of carbonyl (C=O) groups is 1. The molecule has 1 amide bonds. The van der Waals surface area contributed by atoms with Gasteiger partial charge >= 0.3 is 0 Å². The minimum Gasteiger partial charge on any atom is -0.365 e. The summed E-state index contributed by atoms with van der Waals surface area (Å²) in [6.07, 6.45) is 1.52. The second-order valence-corrected chi connectivity index (χ2v) is 5.21. The summed E-state index contributed by atoms with van der Waals surface area (Å²) in [4.78, 5) is 24.1. The molecule has 6 heteroatoms. The lowest BCUT2D eigenvalue weighted by atomic mass is 10.1. The van der Waals surface area contributed by atoms with Crippen molar-refractivity contribution in [2.24, 2.45) is 5.73 Å². The van der Waals surface area contributed by atoms with E-state index in [2.05, 4.69) is 14.9 Å². The Hall–Kier alpha value is -1.69. The van der Waals surface area contributed by atoms with E-state index >= 15 is 0 Å². The van der Waals surface area contributed by atoms with E-state index < -0.39 is 5.91 Å². The number of nitrogens with two attached hydrogens (primary N) is 1. The van der Waals surface area contributed by atoms with E-state index in [1.165, 1.54) is 6.20 Å². The van der Waals surface area contributed by atoms with Crippen LogP contribution in [0.3, 0.4) is 0 Å². The molecule has 1 rings (SSSR count). The third-order valence-corrected chi connectivity index (χ3v) is 2.84. The molecule has 0 aliphatic carbocycles. The Balaban J connectivity index is 2.98. The van der Waals surface area contributed by atoms with E-state index in [0.29, 0.717) is 17.2 Å². The molecule has 0 spiro atoms. The Morgan fingerprint density at radius 3 is 2.42 bits per heavy atom. The maximum atomic E-state index is 11.3. The maximum absolute atomic E-state index is 11.3. The molecule has 1 aromatic heterocycles. The predicted octanol–water partition coefficient (Wildman–Crippen LogP) is 0.697. The van der Waals surface area contributed by atoms with Crippen molar-refractivity contribution < 1.29 is 4.79 Å². The van der Waals surface area contributed by atoms with Crippen LogP contribution in [0.4, 0.5) is 5.95 Å². The van der Waals surface area contributed by atoms with Gasteiger partial charge in [0.25, 0.3) is 5.91 Å². The van der Waals surface area contributed by atoms with Crippen LogP contribution in [0, 0.1) is 0 Å². The maximum Gasteiger partial charge on any atom is 0.252 e. The molecule has 2 N–H and O–H groups in total. The Morgan fingerprint density at radius 2 is 1.95 bits per heavy atom. The molecular formula is C13H23N5O. The molecule has 0 aliphatic heterocycles. The number of primary amides is 1. The highest BCUT2D eigenvalue weighted by atomic mass is 16.1. The Kier molecular flexibility index (Phi) is 5.23. The van der Waals surface area contributed by atoms with Crippen LogP contribution in [0.25, 0.3) is 0 Å². The summed E-state index contributed by atoms with van der Waals surface area (Å²) in [5.41, 5.74) is 6.44. The molecule has 6 nitrogen and oxygen atoms in total. The van der Waals surface area contributed by atoms with E-state index in [9.17, 15) is 4.79 Å². The van der Waals surface area contributed by atoms with Gasteiger partial charge in [0.05, 0.1) is 11.3 Å². The van der Waals surface area contributed by atoms with Gasteiger partial charge in [-0.1, -0.05) is 13.8 Å². The summed E-state index contributed by atoms with van der Waals surface area (Å²) < 4.78 is 0. The second-order valence-electron chi connectivity index (χ2n) is 5.21. The van der Waals surface area contributed by atoms with Gasteiger partial charge < -0.3 is 15.5 Å². The summed E-state index contributed by atoms with van der Waals surface area (Å²) in [6.45, 7) is 5.70. The summed E-state index contributed by atoms with van der Waals surface area (Å²) in [7, 11) is 5.97. The van der Waals surface area contributed by atoms with Crippen LogP contribution < -0.4 is 10.6 Å². The van der Waals surface area contributed by atoms with Crippen molar-refractivity contribution in [3.8, 4) is 0 Å². The lowest BCUT2D eigenvalue weighted by Crippen LogP contribution is -2.30. The number of hydrogen-bond acceptors (Lipinski definition) is 5. The Labute approximate surface area is 114 Å². The van der Waals surface area contributed by atoms with Crippen LogP contribution >= 0.6 is 0 Å². The first-order valence-electron chi connectivity index (χ1n) is 6.35. The molecule has 0 fully saturated rings. The molecule has 1 heterocycles. The third-order valence-electron chi connectivity index (χ3n) is 2.84. The molecule has 0 bridgehead atoms. The number of carbonyl (C=O) groups excluding carboxylic acids is 1. The fourth-order valence-corrected chi connectivity index (χ4v) is 1.65. The van der Waals surface area contributed by atoms with Crippen molar-refractivity contribution in [3.05, 3.63) is 17.5 Å². The molecule has 1 aromatic rings. The molecule has 0 unspecified atom stereocenters. The van der Waals surface area contributed by atoms with Gasteiger partial charge in [-0.3, -0.25) is 4.79 Å². The molecule has 0 aliphatic rings. The van der Waals surface area contributed by atoms with Gasteiger partial charge in [-0.2, -0.15) is 0 Å². The van der Waals surface area contributed by atoms with Crippen LogP contribution in [0.5, 0.6) is 0 Å². The fourth-order valence-electron chi connectivity index (χ4n) is 1.65. The average molecular weight is 265 g/mol. The predicted molar refractivity (Wildman–Crippen MR) is 76.5 cm³/mol. The standard InChI is InChI=1S/C13H23N5O/c1-9(2)11-10(12(14)19)8-15-13(16-11)18(5)7-6-17(3)4/h8-9H,6-7H2,1-5H3,(H2,14,19). The summed E-state index contributed by atoms with van der Waals surface area (Å²) in [6, 6.07) is 0. The van der Waals surface area contributed by atoms with Gasteiger partial charge in [-0.25, -0.2) is 9.97 Å². The van der Waals surface area contributed by atoms with Crippen molar-refractivity contribution in [2.75, 3.05) is 39.1 Å². The zero-order valence-electron chi connectivity index (χ0n) is 12.3. The number of amides is 1. The largest absolute Gasteiger partial charge is 0.365 e. The highest BCUT2D eigenvalue weighted by molar-refractivity contribution is 5.93. The van der Waals surface area contributed by atoms with E-state index in [4.69, 9.17) is 5.73 Å². The van der Waals surface area contributed by atoms with Gasteiger partial charge in [0.2, 0.25) is 5.95 Å². The zero-order chi connectivity index (χ0) is 14.6. The number of nitrogens with zero attached hydrogens (tertiary/aromatic N) is 4. The van der Waals surface area contributed by atoms with Crippen molar-refractivity contribution in [1.29, 1.82) is 0 Å². The summed E-state index contributed by atoms with van der Waals surface area (Å²) in [5, 5.41) is 0. The van der Waals surface area contributed by atoms with Crippen LogP contribution in [-0.4, -0.2) is 55.0 Å². The van der Waals surface area contributed by atoms with Crippen molar-refractivity contribution in [2.45, 2.75) is 19.8 Å². The first-order valence-corrected chi connectivity index (χ1v) is 6.35. The van der Waals surface area contributed by atoms with Crippen LogP contribution in [-0.2, 0) is 0 Å². The van der Waals surface area contributed by atoms with E-state index in [1.54, 1.807) is 0 Å². The van der Waals surface area contributed by atoms with E-state index in [1.807, 2.05) is 39.9 Å². The number of hydrogen-bond donors (Lipinski definition) is 1. The first kappa shape index (κ1) is 15.4. The summed E-state index contributed by atoms with van der Waals surface area (Å²) >= 11 is 0. The third kappa shape index (κ3) is 4.17. The molecule has 106 valence electrons. The zero-order valence-corrected chi connectivity index (χ0v) is 12.3. The fraction of sp³-hybridized carbons (Fsp3) is 0.615. The highest BCUT2D eigenvalue weighted by Crippen LogP contribution is 2.18. The Bertz CT molecular complexity index is 445. The number of anilines is 1. The van der Waals surface area contributed by atoms with Gasteiger partial charge in [0.1, 0.15) is 0 Å². The number of aromatic nitrogens is 2. The molecule has 0 aromatic carbocycles. The highest BCUT2D eigenvalue weighted by Gasteiger charge is 2.16. The monoisotopic (exact) mass is 265 g/mol. The van der Waals surface area contributed by atoms with Crippen LogP contribution in [0.2, 0.25) is 0 Å². The molecule has 0 saturated heterocycles. The van der Waals surface area contributed by atoms with Crippen molar-refractivity contribution in [3.63, 3.8) is 0 Å². The quantitative estimate of drug-likeness (QED) is 0.819. The minimum atomic E-state index is -0.480. The molecule has 19 heavy (non-hydrogen) atoms. The van der Waals surface area contributed by atoms with Crippen LogP contribution in [0.1, 0.15) is 35.8 Å². The molecular weight excluding hydrogens is 242 g/mol. The SMILES string of the molecule is CC(C)c1nc(N(C)CCN(C)C)ncc1C(N)=O. The van der Waals surface area contributed by atoms with Crippen molar-refractivity contribution in [1.82, 2.24) is 14.9 Å². The lowest BCUT2D eigenvalue weighted by molar-refractivity contribution is 0.0998. The van der Waals surface area contributed by atoms with Crippen molar-refractivity contribution >= 4 is 11.9 Å². The molecule has 0 saturated carbocycles. The number of likely N-dealkylation sites (N-methyl/N-ethyl adjacent to an activating group) is 2. The lowest BCUT2D eigenvalue weighted by Gasteiger charge is -2.21. The first-order chi connectivity index (χ1) is 8.82. The Morgan fingerprint density at radius 1 is 1.32 bits per heavy atom. The van der Waals surface area contributed by atoms with Gasteiger partial charge in [-0.05, 0) is 20.0 Å². The molecule has 0 atom stereocenters. The second kappa shape index (κ2) is 6.47. The minimum absolute atomic E-state index is 0.131. The summed E-state index contributed by atoms with van der Waals surface area (Å²) in [5.74, 6) is 0.272. The van der Waals surface area contributed by atoms with E-state index in [-0.39, 0.29) is 5.92 Å². The van der Waals surface area contributed by atoms with E-state index in [0.717, 1.165) is 13.1 Å². The molecule has 0 radical (unpaired) electrons.